The second kappa shape index (κ2) is 8.06. The zero-order valence-corrected chi connectivity index (χ0v) is 14.4. The molecule has 1 aromatic rings. The summed E-state index contributed by atoms with van der Waals surface area (Å²) in [6.07, 6.45) is 4.96. The molecule has 5 heteroatoms. The molecule has 1 aromatic carbocycles. The van der Waals surface area contributed by atoms with E-state index in [1.165, 1.54) is 11.3 Å². The van der Waals surface area contributed by atoms with Crippen molar-refractivity contribution in [2.75, 3.05) is 24.7 Å². The summed E-state index contributed by atoms with van der Waals surface area (Å²) in [7, 11) is 0. The highest BCUT2D eigenvalue weighted by Gasteiger charge is 2.40. The summed E-state index contributed by atoms with van der Waals surface area (Å²) >= 11 is 1.96. The molecule has 1 spiro atoms. The van der Waals surface area contributed by atoms with Crippen LogP contribution < -0.4 is 10.6 Å². The molecular weight excluding hydrogens is 308 g/mol. The van der Waals surface area contributed by atoms with E-state index in [1.54, 1.807) is 0 Å². The second-order valence-corrected chi connectivity index (χ2v) is 7.62. The molecule has 126 valence electrons. The number of carbonyl (C=O) groups is 1. The van der Waals surface area contributed by atoms with E-state index in [4.69, 9.17) is 4.74 Å². The number of benzene rings is 1. The quantitative estimate of drug-likeness (QED) is 0.814. The molecule has 0 radical (unpaired) electrons. The summed E-state index contributed by atoms with van der Waals surface area (Å²) < 4.78 is 5.99. The molecule has 2 aliphatic rings. The Morgan fingerprint density at radius 2 is 2.22 bits per heavy atom. The molecule has 0 bridgehead atoms. The van der Waals surface area contributed by atoms with Gasteiger partial charge in [-0.15, -0.1) is 0 Å². The van der Waals surface area contributed by atoms with Crippen LogP contribution in [0.15, 0.2) is 30.3 Å². The van der Waals surface area contributed by atoms with Crippen LogP contribution in [0.3, 0.4) is 0 Å². The van der Waals surface area contributed by atoms with Crippen LogP contribution in [0.5, 0.6) is 0 Å². The van der Waals surface area contributed by atoms with Crippen LogP contribution in [0.4, 0.5) is 4.79 Å². The average Bonchev–Trinajstić information content (AvgIpc) is 3.00. The summed E-state index contributed by atoms with van der Waals surface area (Å²) in [6.45, 7) is 1.48. The van der Waals surface area contributed by atoms with Crippen LogP contribution in [0.25, 0.3) is 0 Å². The average molecular weight is 334 g/mol. The largest absolute Gasteiger partial charge is 0.374 e. The molecule has 0 saturated carbocycles. The first-order valence-corrected chi connectivity index (χ1v) is 9.71. The molecular formula is C18H26N2O2S. The Morgan fingerprint density at radius 3 is 3.00 bits per heavy atom. The number of carbonyl (C=O) groups excluding carboxylic acids is 1. The highest BCUT2D eigenvalue weighted by atomic mass is 32.2. The van der Waals surface area contributed by atoms with Crippen LogP contribution in [0.2, 0.25) is 0 Å². The molecule has 23 heavy (non-hydrogen) atoms. The van der Waals surface area contributed by atoms with Crippen LogP contribution in [0, 0.1) is 0 Å². The van der Waals surface area contributed by atoms with Gasteiger partial charge < -0.3 is 15.4 Å². The molecule has 0 unspecified atom stereocenters. The van der Waals surface area contributed by atoms with Gasteiger partial charge in [-0.25, -0.2) is 4.79 Å². The highest BCUT2D eigenvalue weighted by Crippen LogP contribution is 2.38. The van der Waals surface area contributed by atoms with Crippen LogP contribution in [-0.2, 0) is 11.2 Å². The van der Waals surface area contributed by atoms with Crippen molar-refractivity contribution in [1.82, 2.24) is 10.6 Å². The zero-order valence-electron chi connectivity index (χ0n) is 13.6. The number of rotatable bonds is 5. The maximum absolute atomic E-state index is 12.1. The van der Waals surface area contributed by atoms with Gasteiger partial charge in [0.25, 0.3) is 0 Å². The van der Waals surface area contributed by atoms with Gasteiger partial charge in [0, 0.05) is 24.9 Å². The predicted octanol–water partition coefficient (Wildman–Crippen LogP) is 2.97. The number of hydrogen-bond donors (Lipinski definition) is 2. The number of hydrogen-bond acceptors (Lipinski definition) is 3. The monoisotopic (exact) mass is 334 g/mol. The fourth-order valence-electron chi connectivity index (χ4n) is 3.39. The SMILES string of the molecule is O=C(NCCCc1ccccc1)N[C@H]1CCO[C@]2(CCSC2)C1. The van der Waals surface area contributed by atoms with E-state index in [2.05, 4.69) is 34.9 Å². The van der Waals surface area contributed by atoms with Gasteiger partial charge in [0.15, 0.2) is 0 Å². The van der Waals surface area contributed by atoms with E-state index >= 15 is 0 Å². The van der Waals surface area contributed by atoms with Crippen molar-refractivity contribution in [2.45, 2.75) is 43.7 Å². The normalized spacial score (nSPS) is 27.0. The summed E-state index contributed by atoms with van der Waals surface area (Å²) in [4.78, 5) is 12.1. The Bertz CT molecular complexity index is 503. The smallest absolute Gasteiger partial charge is 0.315 e. The van der Waals surface area contributed by atoms with Gasteiger partial charge in [-0.2, -0.15) is 11.8 Å². The minimum absolute atomic E-state index is 0.0220. The highest BCUT2D eigenvalue weighted by molar-refractivity contribution is 7.99. The maximum Gasteiger partial charge on any atom is 0.315 e. The van der Waals surface area contributed by atoms with Crippen molar-refractivity contribution >= 4 is 17.8 Å². The molecule has 3 rings (SSSR count). The molecule has 4 nitrogen and oxygen atoms in total. The van der Waals surface area contributed by atoms with Gasteiger partial charge in [0.1, 0.15) is 0 Å². The van der Waals surface area contributed by atoms with Crippen molar-refractivity contribution in [3.8, 4) is 0 Å². The maximum atomic E-state index is 12.1. The van der Waals surface area contributed by atoms with Crippen molar-refractivity contribution < 1.29 is 9.53 Å². The third-order valence-corrected chi connectivity index (χ3v) is 5.89. The second-order valence-electron chi connectivity index (χ2n) is 6.51. The predicted molar refractivity (Wildman–Crippen MR) is 94.9 cm³/mol. The lowest BCUT2D eigenvalue weighted by molar-refractivity contribution is -0.0684. The molecule has 2 fully saturated rings. The Hall–Kier alpha value is -1.20. The third kappa shape index (κ3) is 4.88. The number of amides is 2. The van der Waals surface area contributed by atoms with Gasteiger partial charge >= 0.3 is 6.03 Å². The Balaban J connectivity index is 1.34. The number of ether oxygens (including phenoxy) is 1. The van der Waals surface area contributed by atoms with E-state index in [1.807, 2.05) is 17.8 Å². The molecule has 2 saturated heterocycles. The fourth-order valence-corrected chi connectivity index (χ4v) is 4.77. The molecule has 2 aliphatic heterocycles. The Kier molecular flexibility index (Phi) is 5.84. The standard InChI is InChI=1S/C18H26N2O2S/c21-17(19-10-4-7-15-5-2-1-3-6-15)20-16-8-11-22-18(13-16)9-12-23-14-18/h1-3,5-6,16H,4,7-14H2,(H2,19,20,21)/t16-,18+/m0/s1. The lowest BCUT2D eigenvalue weighted by Crippen LogP contribution is -2.51. The summed E-state index contributed by atoms with van der Waals surface area (Å²) in [5, 5.41) is 6.11. The van der Waals surface area contributed by atoms with E-state index in [9.17, 15) is 4.79 Å². The molecule has 2 N–H and O–H groups in total. The Morgan fingerprint density at radius 1 is 1.35 bits per heavy atom. The van der Waals surface area contributed by atoms with Gasteiger partial charge in [-0.05, 0) is 43.4 Å². The van der Waals surface area contributed by atoms with Crippen LogP contribution in [0.1, 0.15) is 31.2 Å². The van der Waals surface area contributed by atoms with Gasteiger partial charge in [-0.1, -0.05) is 30.3 Å². The van der Waals surface area contributed by atoms with Gasteiger partial charge in [0.05, 0.1) is 5.60 Å². The van der Waals surface area contributed by atoms with E-state index in [0.29, 0.717) is 6.54 Å². The number of urea groups is 1. The molecule has 2 heterocycles. The molecule has 2 atom stereocenters. The zero-order chi connectivity index (χ0) is 16.0. The topological polar surface area (TPSA) is 50.4 Å². The number of aryl methyl sites for hydroxylation is 1. The van der Waals surface area contributed by atoms with Crippen molar-refractivity contribution in [1.29, 1.82) is 0 Å². The van der Waals surface area contributed by atoms with Crippen LogP contribution >= 0.6 is 11.8 Å². The summed E-state index contributed by atoms with van der Waals surface area (Å²) in [5.41, 5.74) is 1.34. The van der Waals surface area contributed by atoms with Crippen molar-refractivity contribution in [2.24, 2.45) is 0 Å². The van der Waals surface area contributed by atoms with Gasteiger partial charge in [0.2, 0.25) is 0 Å². The first-order valence-electron chi connectivity index (χ1n) is 8.56. The third-order valence-electron chi connectivity index (χ3n) is 4.67. The lowest BCUT2D eigenvalue weighted by atomic mass is 9.90. The van der Waals surface area contributed by atoms with Crippen LogP contribution in [-0.4, -0.2) is 42.3 Å². The van der Waals surface area contributed by atoms with Crippen molar-refractivity contribution in [3.05, 3.63) is 35.9 Å². The van der Waals surface area contributed by atoms with Gasteiger partial charge in [-0.3, -0.25) is 0 Å². The van der Waals surface area contributed by atoms with E-state index in [-0.39, 0.29) is 17.7 Å². The van der Waals surface area contributed by atoms with E-state index < -0.39 is 0 Å². The Labute approximate surface area is 142 Å². The summed E-state index contributed by atoms with van der Waals surface area (Å²) in [6, 6.07) is 10.6. The van der Waals surface area contributed by atoms with E-state index in [0.717, 1.165) is 44.5 Å². The minimum Gasteiger partial charge on any atom is -0.374 e. The number of thioether (sulfide) groups is 1. The molecule has 0 aromatic heterocycles. The first kappa shape index (κ1) is 16.7. The fraction of sp³-hybridized carbons (Fsp3) is 0.611. The molecule has 2 amide bonds. The number of nitrogens with one attached hydrogen (secondary N) is 2. The first-order chi connectivity index (χ1) is 11.3. The van der Waals surface area contributed by atoms with Crippen molar-refractivity contribution in [3.63, 3.8) is 0 Å². The lowest BCUT2D eigenvalue weighted by Gasteiger charge is -2.37. The minimum atomic E-state index is -0.0363. The molecule has 0 aliphatic carbocycles. The summed E-state index contributed by atoms with van der Waals surface area (Å²) in [5.74, 6) is 2.25.